The van der Waals surface area contributed by atoms with Crippen LogP contribution in [0.1, 0.15) is 16.2 Å². The van der Waals surface area contributed by atoms with Gasteiger partial charge in [-0.25, -0.2) is 9.97 Å². The first kappa shape index (κ1) is 11.6. The Labute approximate surface area is 103 Å². The van der Waals surface area contributed by atoms with Crippen LogP contribution < -0.4 is 5.32 Å². The summed E-state index contributed by atoms with van der Waals surface area (Å²) >= 11 is 5.70. The number of carbonyl (C=O) groups is 1. The predicted octanol–water partition coefficient (Wildman–Crippen LogP) is 2.03. The van der Waals surface area contributed by atoms with Crippen LogP contribution in [0.2, 0.25) is 5.15 Å². The van der Waals surface area contributed by atoms with Crippen molar-refractivity contribution in [1.29, 1.82) is 0 Å². The van der Waals surface area contributed by atoms with Gasteiger partial charge in [-0.2, -0.15) is 0 Å². The highest BCUT2D eigenvalue weighted by Crippen LogP contribution is 2.11. The van der Waals surface area contributed by atoms with Gasteiger partial charge in [-0.3, -0.25) is 4.79 Å². The summed E-state index contributed by atoms with van der Waals surface area (Å²) in [6.45, 7) is 1.93. The van der Waals surface area contributed by atoms with E-state index in [1.165, 1.54) is 12.4 Å². The van der Waals surface area contributed by atoms with Crippen LogP contribution in [0.4, 0.5) is 5.82 Å². The van der Waals surface area contributed by atoms with Crippen LogP contribution in [0.15, 0.2) is 24.5 Å². The van der Waals surface area contributed by atoms with Crippen LogP contribution in [0.3, 0.4) is 0 Å². The number of rotatable bonds is 2. The normalized spacial score (nSPS) is 10.3. The van der Waals surface area contributed by atoms with E-state index in [-0.39, 0.29) is 5.91 Å². The molecule has 88 valence electrons. The molecule has 5 nitrogen and oxygen atoms in total. The fraction of sp³-hybridized carbons (Fsp3) is 0.182. The highest BCUT2D eigenvalue weighted by Gasteiger charge is 2.11. The van der Waals surface area contributed by atoms with E-state index in [0.717, 1.165) is 5.69 Å². The van der Waals surface area contributed by atoms with Crippen LogP contribution in [0.25, 0.3) is 0 Å². The lowest BCUT2D eigenvalue weighted by molar-refractivity contribution is 0.101. The third-order valence-electron chi connectivity index (χ3n) is 2.48. The highest BCUT2D eigenvalue weighted by atomic mass is 35.5. The zero-order chi connectivity index (χ0) is 12.4. The molecule has 0 aromatic carbocycles. The Balaban J connectivity index is 2.20. The Morgan fingerprint density at radius 2 is 2.18 bits per heavy atom. The lowest BCUT2D eigenvalue weighted by atomic mass is 10.4. The molecule has 0 bridgehead atoms. The first-order chi connectivity index (χ1) is 8.08. The average Bonchev–Trinajstić information content (AvgIpc) is 2.60. The lowest BCUT2D eigenvalue weighted by Gasteiger charge is -2.06. The minimum atomic E-state index is -0.227. The number of anilines is 1. The molecule has 1 amide bonds. The summed E-state index contributed by atoms with van der Waals surface area (Å²) in [5.74, 6) is 0.157. The zero-order valence-electron chi connectivity index (χ0n) is 9.44. The maximum absolute atomic E-state index is 11.9. The molecule has 0 radical (unpaired) electrons. The summed E-state index contributed by atoms with van der Waals surface area (Å²) in [5, 5.41) is 2.95. The Morgan fingerprint density at radius 3 is 2.76 bits per heavy atom. The maximum Gasteiger partial charge on any atom is 0.273 e. The van der Waals surface area contributed by atoms with Gasteiger partial charge in [0.15, 0.2) is 0 Å². The molecule has 0 atom stereocenters. The molecular weight excluding hydrogens is 240 g/mol. The molecular formula is C11H11ClN4O. The number of carbonyl (C=O) groups excluding carboxylic acids is 1. The van der Waals surface area contributed by atoms with Crippen LogP contribution in [0.5, 0.6) is 0 Å². The second kappa shape index (κ2) is 4.55. The second-order valence-corrected chi connectivity index (χ2v) is 3.99. The smallest absolute Gasteiger partial charge is 0.273 e. The summed E-state index contributed by atoms with van der Waals surface area (Å²) in [5.41, 5.74) is 1.58. The molecule has 1 N–H and O–H groups in total. The van der Waals surface area contributed by atoms with Crippen molar-refractivity contribution in [3.05, 3.63) is 41.1 Å². The van der Waals surface area contributed by atoms with Gasteiger partial charge in [-0.1, -0.05) is 11.6 Å². The molecule has 0 aliphatic heterocycles. The summed E-state index contributed by atoms with van der Waals surface area (Å²) < 4.78 is 1.80. The van der Waals surface area contributed by atoms with Crippen molar-refractivity contribution in [3.63, 3.8) is 0 Å². The van der Waals surface area contributed by atoms with Gasteiger partial charge in [0.05, 0.1) is 0 Å². The largest absolute Gasteiger partial charge is 0.344 e. The standard InChI is InChI=1S/C11H11ClN4O/c1-7-3-4-8(16(7)2)11(17)15-10-5-9(12)13-6-14-10/h3-6H,1-2H3,(H,13,14,15,17). The van der Waals surface area contributed by atoms with Gasteiger partial charge < -0.3 is 9.88 Å². The van der Waals surface area contributed by atoms with E-state index in [0.29, 0.717) is 16.7 Å². The summed E-state index contributed by atoms with van der Waals surface area (Å²) in [4.78, 5) is 19.6. The quantitative estimate of drug-likeness (QED) is 0.830. The maximum atomic E-state index is 11.9. The average molecular weight is 251 g/mol. The molecule has 2 heterocycles. The monoisotopic (exact) mass is 250 g/mol. The Hall–Kier alpha value is -1.88. The van der Waals surface area contributed by atoms with Gasteiger partial charge in [0.25, 0.3) is 5.91 Å². The van der Waals surface area contributed by atoms with E-state index in [2.05, 4.69) is 15.3 Å². The van der Waals surface area contributed by atoms with E-state index in [1.807, 2.05) is 20.0 Å². The lowest BCUT2D eigenvalue weighted by Crippen LogP contribution is -2.16. The fourth-order valence-corrected chi connectivity index (χ4v) is 1.57. The van der Waals surface area contributed by atoms with Gasteiger partial charge in [0.2, 0.25) is 0 Å². The molecule has 2 aromatic rings. The first-order valence-corrected chi connectivity index (χ1v) is 5.37. The SMILES string of the molecule is Cc1ccc(C(=O)Nc2cc(Cl)ncn2)n1C. The van der Waals surface area contributed by atoms with Crippen molar-refractivity contribution in [3.8, 4) is 0 Å². The van der Waals surface area contributed by atoms with Crippen molar-refractivity contribution in [2.45, 2.75) is 6.92 Å². The summed E-state index contributed by atoms with van der Waals surface area (Å²) in [6.07, 6.45) is 1.30. The third-order valence-corrected chi connectivity index (χ3v) is 2.69. The predicted molar refractivity (Wildman–Crippen MR) is 65.1 cm³/mol. The molecule has 0 unspecified atom stereocenters. The molecule has 6 heteroatoms. The first-order valence-electron chi connectivity index (χ1n) is 4.99. The van der Waals surface area contributed by atoms with Crippen molar-refractivity contribution in [2.75, 3.05) is 5.32 Å². The van der Waals surface area contributed by atoms with E-state index in [1.54, 1.807) is 10.6 Å². The van der Waals surface area contributed by atoms with Crippen LogP contribution in [0, 0.1) is 6.92 Å². The van der Waals surface area contributed by atoms with Gasteiger partial charge in [0.1, 0.15) is 23.0 Å². The molecule has 0 saturated carbocycles. The van der Waals surface area contributed by atoms with E-state index in [4.69, 9.17) is 11.6 Å². The number of nitrogens with zero attached hydrogens (tertiary/aromatic N) is 3. The van der Waals surface area contributed by atoms with Gasteiger partial charge in [0, 0.05) is 18.8 Å². The van der Waals surface area contributed by atoms with Crippen LogP contribution >= 0.6 is 11.6 Å². The Bertz CT molecular complexity index is 564. The number of amides is 1. The molecule has 0 aliphatic rings. The molecule has 0 saturated heterocycles. The van der Waals surface area contributed by atoms with Crippen LogP contribution in [-0.4, -0.2) is 20.4 Å². The van der Waals surface area contributed by atoms with Crippen molar-refractivity contribution >= 4 is 23.3 Å². The minimum Gasteiger partial charge on any atom is -0.344 e. The third kappa shape index (κ3) is 2.45. The summed E-state index contributed by atoms with van der Waals surface area (Å²) in [7, 11) is 1.83. The minimum absolute atomic E-state index is 0.227. The number of hydrogen-bond acceptors (Lipinski definition) is 3. The molecule has 2 rings (SSSR count). The number of halogens is 1. The Morgan fingerprint density at radius 1 is 1.41 bits per heavy atom. The molecule has 17 heavy (non-hydrogen) atoms. The van der Waals surface area contributed by atoms with Gasteiger partial charge in [-0.15, -0.1) is 0 Å². The molecule has 0 aliphatic carbocycles. The highest BCUT2D eigenvalue weighted by molar-refractivity contribution is 6.29. The Kier molecular flexibility index (Phi) is 3.10. The number of hydrogen-bond donors (Lipinski definition) is 1. The fourth-order valence-electron chi connectivity index (χ4n) is 1.42. The second-order valence-electron chi connectivity index (χ2n) is 3.60. The zero-order valence-corrected chi connectivity index (χ0v) is 10.2. The number of aromatic nitrogens is 3. The van der Waals surface area contributed by atoms with Crippen molar-refractivity contribution in [1.82, 2.24) is 14.5 Å². The van der Waals surface area contributed by atoms with Crippen molar-refractivity contribution < 1.29 is 4.79 Å². The molecule has 0 spiro atoms. The van der Waals surface area contributed by atoms with E-state index >= 15 is 0 Å². The topological polar surface area (TPSA) is 59.8 Å². The number of aryl methyl sites for hydroxylation is 1. The molecule has 0 fully saturated rings. The summed E-state index contributed by atoms with van der Waals surface area (Å²) in [6, 6.07) is 5.13. The van der Waals surface area contributed by atoms with Gasteiger partial charge in [-0.05, 0) is 19.1 Å². The van der Waals surface area contributed by atoms with Crippen molar-refractivity contribution in [2.24, 2.45) is 7.05 Å². The van der Waals surface area contributed by atoms with E-state index < -0.39 is 0 Å². The number of nitrogens with one attached hydrogen (secondary N) is 1. The molecule has 2 aromatic heterocycles. The van der Waals surface area contributed by atoms with Gasteiger partial charge >= 0.3 is 0 Å². The van der Waals surface area contributed by atoms with E-state index in [9.17, 15) is 4.79 Å². The van der Waals surface area contributed by atoms with Crippen LogP contribution in [-0.2, 0) is 7.05 Å².